The van der Waals surface area contributed by atoms with E-state index in [-0.39, 0.29) is 0 Å². The van der Waals surface area contributed by atoms with E-state index in [1.165, 1.54) is 45.1 Å². The molecule has 2 nitrogen and oxygen atoms in total. The summed E-state index contributed by atoms with van der Waals surface area (Å²) in [6.45, 7) is 8.00. The summed E-state index contributed by atoms with van der Waals surface area (Å²) in [6, 6.07) is 1.37. The number of piperazine rings is 1. The molecule has 0 spiro atoms. The summed E-state index contributed by atoms with van der Waals surface area (Å²) in [6.07, 6.45) is 10.5. The van der Waals surface area contributed by atoms with E-state index < -0.39 is 0 Å². The number of nitrogens with zero attached hydrogens (tertiary/aromatic N) is 1. The van der Waals surface area contributed by atoms with Crippen molar-refractivity contribution >= 4 is 11.6 Å². The molecule has 20 heavy (non-hydrogen) atoms. The summed E-state index contributed by atoms with van der Waals surface area (Å²) in [5.74, 6) is 1.66. The Morgan fingerprint density at radius 1 is 1.25 bits per heavy atom. The molecule has 0 radical (unpaired) electrons. The maximum atomic E-state index is 5.75. The van der Waals surface area contributed by atoms with Gasteiger partial charge in [0.05, 0.1) is 0 Å². The van der Waals surface area contributed by atoms with E-state index >= 15 is 0 Å². The molecule has 0 bridgehead atoms. The Morgan fingerprint density at radius 3 is 2.65 bits per heavy atom. The van der Waals surface area contributed by atoms with E-state index in [4.69, 9.17) is 11.6 Å². The summed E-state index contributed by atoms with van der Waals surface area (Å²) in [5.41, 5.74) is 1.68. The fraction of sp³-hybridized carbons (Fsp3) is 0.882. The van der Waals surface area contributed by atoms with Gasteiger partial charge in [-0.05, 0) is 31.1 Å². The molecule has 0 amide bonds. The van der Waals surface area contributed by atoms with Crippen LogP contribution >= 0.6 is 11.6 Å². The molecule has 2 aliphatic rings. The summed E-state index contributed by atoms with van der Waals surface area (Å²) < 4.78 is 0. The third-order valence-corrected chi connectivity index (χ3v) is 5.10. The van der Waals surface area contributed by atoms with Crippen molar-refractivity contribution in [2.75, 3.05) is 19.6 Å². The normalized spacial score (nSPS) is 30.4. The average Bonchev–Trinajstić information content (AvgIpc) is 2.45. The number of nitrogens with one attached hydrogen (secondary N) is 1. The van der Waals surface area contributed by atoms with Crippen molar-refractivity contribution in [3.05, 3.63) is 11.6 Å². The van der Waals surface area contributed by atoms with Crippen molar-refractivity contribution in [1.29, 1.82) is 0 Å². The molecule has 1 saturated heterocycles. The molecule has 0 aromatic rings. The molecule has 116 valence electrons. The van der Waals surface area contributed by atoms with E-state index in [1.807, 2.05) is 0 Å². The van der Waals surface area contributed by atoms with Crippen molar-refractivity contribution in [3.63, 3.8) is 0 Å². The first-order chi connectivity index (χ1) is 9.70. The maximum absolute atomic E-state index is 5.75. The lowest BCUT2D eigenvalue weighted by atomic mass is 9.82. The zero-order chi connectivity index (χ0) is 14.4. The predicted molar refractivity (Wildman–Crippen MR) is 88.2 cm³/mol. The topological polar surface area (TPSA) is 15.3 Å². The van der Waals surface area contributed by atoms with Gasteiger partial charge in [-0.15, -0.1) is 0 Å². The van der Waals surface area contributed by atoms with Gasteiger partial charge >= 0.3 is 0 Å². The van der Waals surface area contributed by atoms with Crippen LogP contribution in [0.3, 0.4) is 0 Å². The van der Waals surface area contributed by atoms with E-state index in [2.05, 4.69) is 30.1 Å². The second-order valence-electron chi connectivity index (χ2n) is 7.02. The molecule has 3 heteroatoms. The molecule has 0 aromatic carbocycles. The fourth-order valence-electron chi connectivity index (χ4n) is 4.00. The highest BCUT2D eigenvalue weighted by molar-refractivity contribution is 6.25. The molecular weight excluding hydrogens is 268 g/mol. The van der Waals surface area contributed by atoms with Crippen LogP contribution < -0.4 is 5.32 Å². The third kappa shape index (κ3) is 4.75. The third-order valence-electron chi connectivity index (χ3n) is 4.92. The Kier molecular flexibility index (Phi) is 6.86. The molecule has 2 rings (SSSR count). The van der Waals surface area contributed by atoms with E-state index in [0.717, 1.165) is 24.9 Å². The van der Waals surface area contributed by atoms with Crippen molar-refractivity contribution < 1.29 is 0 Å². The molecule has 1 N–H and O–H groups in total. The summed E-state index contributed by atoms with van der Waals surface area (Å²) in [4.78, 5) is 2.68. The molecule has 1 heterocycles. The van der Waals surface area contributed by atoms with Gasteiger partial charge in [-0.1, -0.05) is 50.8 Å². The molecular formula is C17H31ClN2. The summed E-state index contributed by atoms with van der Waals surface area (Å²) in [5, 5.41) is 3.81. The van der Waals surface area contributed by atoms with Crippen LogP contribution in [0.15, 0.2) is 11.6 Å². The van der Waals surface area contributed by atoms with Gasteiger partial charge in [0.1, 0.15) is 0 Å². The van der Waals surface area contributed by atoms with E-state index in [0.29, 0.717) is 12.1 Å². The van der Waals surface area contributed by atoms with Crippen LogP contribution in [0, 0.1) is 11.8 Å². The van der Waals surface area contributed by atoms with Crippen LogP contribution in [0.25, 0.3) is 0 Å². The van der Waals surface area contributed by atoms with Gasteiger partial charge in [-0.3, -0.25) is 4.90 Å². The number of hydrogen-bond acceptors (Lipinski definition) is 2. The number of rotatable bonds is 5. The molecule has 1 aliphatic carbocycles. The molecule has 1 saturated carbocycles. The summed E-state index contributed by atoms with van der Waals surface area (Å²) in [7, 11) is 0. The van der Waals surface area contributed by atoms with Crippen LogP contribution in [-0.2, 0) is 0 Å². The molecule has 0 aromatic heterocycles. The van der Waals surface area contributed by atoms with Gasteiger partial charge in [0.2, 0.25) is 0 Å². The standard InChI is InChI=1S/C17H31ClN2/c1-14(2)11-16-13-20(10-6-9-18)17(12-19-16)15-7-4-3-5-8-15/h6,9,14-17,19H,3-5,7-8,10-13H2,1-2H3/b9-6+. The average molecular weight is 299 g/mol. The zero-order valence-corrected chi connectivity index (χ0v) is 13.9. The smallest absolute Gasteiger partial charge is 0.0252 e. The first-order valence-corrected chi connectivity index (χ1v) is 8.87. The van der Waals surface area contributed by atoms with E-state index in [1.54, 1.807) is 5.54 Å². The molecule has 2 atom stereocenters. The van der Waals surface area contributed by atoms with Crippen LogP contribution in [0.1, 0.15) is 52.4 Å². The van der Waals surface area contributed by atoms with E-state index in [9.17, 15) is 0 Å². The van der Waals surface area contributed by atoms with Gasteiger partial charge in [0.25, 0.3) is 0 Å². The van der Waals surface area contributed by atoms with Gasteiger partial charge in [-0.25, -0.2) is 0 Å². The highest BCUT2D eigenvalue weighted by Gasteiger charge is 2.33. The minimum Gasteiger partial charge on any atom is -0.311 e. The quantitative estimate of drug-likeness (QED) is 0.825. The van der Waals surface area contributed by atoms with Crippen LogP contribution in [0.5, 0.6) is 0 Å². The number of hydrogen-bond donors (Lipinski definition) is 1. The first-order valence-electron chi connectivity index (χ1n) is 8.43. The van der Waals surface area contributed by atoms with Crippen LogP contribution in [0.4, 0.5) is 0 Å². The Balaban J connectivity index is 1.95. The van der Waals surface area contributed by atoms with Crippen LogP contribution in [0.2, 0.25) is 0 Å². The largest absolute Gasteiger partial charge is 0.311 e. The van der Waals surface area contributed by atoms with Gasteiger partial charge in [0, 0.05) is 37.3 Å². The molecule has 2 unspecified atom stereocenters. The molecule has 2 fully saturated rings. The Bertz CT molecular complexity index is 297. The Morgan fingerprint density at radius 2 is 2.00 bits per heavy atom. The highest BCUT2D eigenvalue weighted by Crippen LogP contribution is 2.30. The maximum Gasteiger partial charge on any atom is 0.0252 e. The minimum absolute atomic E-state index is 0.651. The highest BCUT2D eigenvalue weighted by atomic mass is 35.5. The lowest BCUT2D eigenvalue weighted by Crippen LogP contribution is -2.59. The first kappa shape index (κ1) is 16.3. The van der Waals surface area contributed by atoms with Crippen molar-refractivity contribution in [2.24, 2.45) is 11.8 Å². The van der Waals surface area contributed by atoms with Gasteiger partial charge < -0.3 is 5.32 Å². The number of halogens is 1. The SMILES string of the molecule is CC(C)CC1CN(C/C=C/Cl)C(C2CCCCC2)CN1. The van der Waals surface area contributed by atoms with Crippen molar-refractivity contribution in [2.45, 2.75) is 64.5 Å². The second-order valence-corrected chi connectivity index (χ2v) is 7.27. The minimum atomic E-state index is 0.651. The molecule has 1 aliphatic heterocycles. The predicted octanol–water partition coefficient (Wildman–Crippen LogP) is 4.01. The van der Waals surface area contributed by atoms with Gasteiger partial charge in [-0.2, -0.15) is 0 Å². The zero-order valence-electron chi connectivity index (χ0n) is 13.2. The Hall–Kier alpha value is -0.0500. The van der Waals surface area contributed by atoms with Crippen molar-refractivity contribution in [1.82, 2.24) is 10.2 Å². The lowest BCUT2D eigenvalue weighted by Gasteiger charge is -2.45. The second kappa shape index (κ2) is 8.41. The Labute approximate surface area is 129 Å². The summed E-state index contributed by atoms with van der Waals surface area (Å²) >= 11 is 5.75. The lowest BCUT2D eigenvalue weighted by molar-refractivity contribution is 0.0774. The van der Waals surface area contributed by atoms with Gasteiger partial charge in [0.15, 0.2) is 0 Å². The van der Waals surface area contributed by atoms with Crippen molar-refractivity contribution in [3.8, 4) is 0 Å². The van der Waals surface area contributed by atoms with Crippen LogP contribution in [-0.4, -0.2) is 36.6 Å². The fourth-order valence-corrected chi connectivity index (χ4v) is 4.08. The monoisotopic (exact) mass is 298 g/mol.